The fourth-order valence-electron chi connectivity index (χ4n) is 1.62. The quantitative estimate of drug-likeness (QED) is 0.706. The van der Waals surface area contributed by atoms with Gasteiger partial charge in [-0.3, -0.25) is 14.7 Å². The van der Waals surface area contributed by atoms with E-state index in [4.69, 9.17) is 0 Å². The van der Waals surface area contributed by atoms with Gasteiger partial charge in [0.2, 0.25) is 0 Å². The van der Waals surface area contributed by atoms with Crippen molar-refractivity contribution in [2.75, 3.05) is 20.2 Å². The highest BCUT2D eigenvalue weighted by molar-refractivity contribution is 5.69. The van der Waals surface area contributed by atoms with Gasteiger partial charge in [-0.2, -0.15) is 0 Å². The van der Waals surface area contributed by atoms with Crippen molar-refractivity contribution in [2.45, 2.75) is 26.8 Å². The molecular weight excluding hydrogens is 216 g/mol. The third kappa shape index (κ3) is 4.95. The molecule has 0 atom stereocenters. The third-order valence-corrected chi connectivity index (χ3v) is 2.64. The first-order valence-electron chi connectivity index (χ1n) is 5.87. The molecule has 0 fully saturated rings. The Hall–Kier alpha value is -1.42. The van der Waals surface area contributed by atoms with Gasteiger partial charge in [-0.05, 0) is 25.6 Å². The summed E-state index contributed by atoms with van der Waals surface area (Å²) in [6.45, 7) is 6.43. The smallest absolute Gasteiger partial charge is 0.306 e. The van der Waals surface area contributed by atoms with Gasteiger partial charge in [0.15, 0.2) is 0 Å². The maximum Gasteiger partial charge on any atom is 0.306 e. The minimum Gasteiger partial charge on any atom is -0.469 e. The van der Waals surface area contributed by atoms with E-state index in [1.54, 1.807) is 0 Å². The van der Waals surface area contributed by atoms with Crippen LogP contribution in [0.3, 0.4) is 0 Å². The number of hydrogen-bond donors (Lipinski definition) is 0. The number of carbonyl (C=O) groups is 1. The molecule has 17 heavy (non-hydrogen) atoms. The van der Waals surface area contributed by atoms with Gasteiger partial charge in [-0.1, -0.05) is 13.0 Å². The topological polar surface area (TPSA) is 42.4 Å². The van der Waals surface area contributed by atoms with E-state index in [1.807, 2.05) is 25.1 Å². The summed E-state index contributed by atoms with van der Waals surface area (Å²) in [6, 6.07) is 5.99. The van der Waals surface area contributed by atoms with Crippen LogP contribution in [0.2, 0.25) is 0 Å². The molecule has 0 N–H and O–H groups in total. The lowest BCUT2D eigenvalue weighted by atomic mass is 10.3. The molecule has 0 radical (unpaired) electrons. The average molecular weight is 236 g/mol. The predicted molar refractivity (Wildman–Crippen MR) is 66.6 cm³/mol. The zero-order valence-corrected chi connectivity index (χ0v) is 10.8. The van der Waals surface area contributed by atoms with E-state index in [1.165, 1.54) is 7.11 Å². The maximum absolute atomic E-state index is 11.1. The lowest BCUT2D eigenvalue weighted by Gasteiger charge is -2.19. The zero-order chi connectivity index (χ0) is 12.7. The van der Waals surface area contributed by atoms with Crippen LogP contribution < -0.4 is 0 Å². The summed E-state index contributed by atoms with van der Waals surface area (Å²) >= 11 is 0. The second-order valence-electron chi connectivity index (χ2n) is 3.97. The van der Waals surface area contributed by atoms with Crippen molar-refractivity contribution in [3.63, 3.8) is 0 Å². The van der Waals surface area contributed by atoms with Gasteiger partial charge in [0.05, 0.1) is 19.2 Å². The third-order valence-electron chi connectivity index (χ3n) is 2.64. The van der Waals surface area contributed by atoms with E-state index in [2.05, 4.69) is 21.5 Å². The van der Waals surface area contributed by atoms with E-state index in [-0.39, 0.29) is 5.97 Å². The standard InChI is InChI=1S/C13H20N2O2/c1-4-15(9-8-13(16)17-3)10-12-7-5-6-11(2)14-12/h5-7H,4,8-10H2,1-3H3. The van der Waals surface area contributed by atoms with Gasteiger partial charge in [-0.15, -0.1) is 0 Å². The van der Waals surface area contributed by atoms with Crippen LogP contribution in [0, 0.1) is 6.92 Å². The largest absolute Gasteiger partial charge is 0.469 e. The predicted octanol–water partition coefficient (Wildman–Crippen LogP) is 1.78. The van der Waals surface area contributed by atoms with Gasteiger partial charge in [0.25, 0.3) is 0 Å². The number of carbonyl (C=O) groups excluding carboxylic acids is 1. The van der Waals surface area contributed by atoms with Crippen molar-refractivity contribution >= 4 is 5.97 Å². The Labute approximate surface area is 103 Å². The number of ether oxygens (including phenoxy) is 1. The molecular formula is C13H20N2O2. The van der Waals surface area contributed by atoms with Crippen LogP contribution in [0.25, 0.3) is 0 Å². The van der Waals surface area contributed by atoms with Crippen molar-refractivity contribution in [1.82, 2.24) is 9.88 Å². The van der Waals surface area contributed by atoms with Gasteiger partial charge in [0, 0.05) is 18.8 Å². The highest BCUT2D eigenvalue weighted by Crippen LogP contribution is 2.04. The lowest BCUT2D eigenvalue weighted by Crippen LogP contribution is -2.26. The van der Waals surface area contributed by atoms with Crippen LogP contribution in [0.15, 0.2) is 18.2 Å². The Kier molecular flexibility index (Phi) is 5.63. The number of hydrogen-bond acceptors (Lipinski definition) is 4. The molecule has 1 heterocycles. The molecule has 0 saturated carbocycles. The summed E-state index contributed by atoms with van der Waals surface area (Å²) < 4.78 is 4.63. The Morgan fingerprint density at radius 2 is 2.24 bits per heavy atom. The first-order chi connectivity index (χ1) is 8.15. The molecule has 1 rings (SSSR count). The molecule has 0 aliphatic rings. The molecule has 94 valence electrons. The first kappa shape index (κ1) is 13.6. The Bertz CT molecular complexity index is 366. The summed E-state index contributed by atoms with van der Waals surface area (Å²) in [7, 11) is 1.42. The number of rotatable bonds is 6. The van der Waals surface area contributed by atoms with E-state index in [0.29, 0.717) is 13.0 Å². The zero-order valence-electron chi connectivity index (χ0n) is 10.8. The second-order valence-corrected chi connectivity index (χ2v) is 3.97. The fraction of sp³-hybridized carbons (Fsp3) is 0.538. The molecule has 4 nitrogen and oxygen atoms in total. The van der Waals surface area contributed by atoms with Crippen LogP contribution in [0.5, 0.6) is 0 Å². The van der Waals surface area contributed by atoms with Crippen LogP contribution >= 0.6 is 0 Å². The van der Waals surface area contributed by atoms with E-state index < -0.39 is 0 Å². The number of aromatic nitrogens is 1. The molecule has 0 aromatic carbocycles. The Morgan fingerprint density at radius 1 is 1.47 bits per heavy atom. The normalized spacial score (nSPS) is 10.6. The number of aryl methyl sites for hydroxylation is 1. The minimum atomic E-state index is -0.166. The summed E-state index contributed by atoms with van der Waals surface area (Å²) in [4.78, 5) is 17.7. The fourth-order valence-corrected chi connectivity index (χ4v) is 1.62. The average Bonchev–Trinajstić information content (AvgIpc) is 2.34. The monoisotopic (exact) mass is 236 g/mol. The molecule has 0 saturated heterocycles. The van der Waals surface area contributed by atoms with Crippen molar-refractivity contribution in [2.24, 2.45) is 0 Å². The molecule has 0 unspecified atom stereocenters. The van der Waals surface area contributed by atoms with Crippen LogP contribution in [0.4, 0.5) is 0 Å². The molecule has 0 spiro atoms. The molecule has 1 aromatic rings. The molecule has 0 bridgehead atoms. The second kappa shape index (κ2) is 7.01. The van der Waals surface area contributed by atoms with E-state index >= 15 is 0 Å². The van der Waals surface area contributed by atoms with Crippen LogP contribution in [-0.4, -0.2) is 36.1 Å². The number of methoxy groups -OCH3 is 1. The van der Waals surface area contributed by atoms with Crippen molar-refractivity contribution in [3.8, 4) is 0 Å². The molecule has 1 aromatic heterocycles. The van der Waals surface area contributed by atoms with Gasteiger partial charge in [-0.25, -0.2) is 0 Å². The first-order valence-corrected chi connectivity index (χ1v) is 5.87. The summed E-state index contributed by atoms with van der Waals surface area (Å²) in [5, 5.41) is 0. The molecule has 0 aliphatic carbocycles. The van der Waals surface area contributed by atoms with Gasteiger partial charge < -0.3 is 4.74 Å². The summed E-state index contributed by atoms with van der Waals surface area (Å²) in [6.07, 6.45) is 0.427. The number of pyridine rings is 1. The van der Waals surface area contributed by atoms with Gasteiger partial charge >= 0.3 is 5.97 Å². The molecule has 0 amide bonds. The number of esters is 1. The Balaban J connectivity index is 2.49. The highest BCUT2D eigenvalue weighted by atomic mass is 16.5. The molecule has 0 aliphatic heterocycles. The summed E-state index contributed by atoms with van der Waals surface area (Å²) in [5.41, 5.74) is 2.06. The van der Waals surface area contributed by atoms with Gasteiger partial charge in [0.1, 0.15) is 0 Å². The molecule has 4 heteroatoms. The number of nitrogens with zero attached hydrogens (tertiary/aromatic N) is 2. The Morgan fingerprint density at radius 3 is 2.82 bits per heavy atom. The van der Waals surface area contributed by atoms with Crippen LogP contribution in [0.1, 0.15) is 24.7 Å². The highest BCUT2D eigenvalue weighted by Gasteiger charge is 2.08. The van der Waals surface area contributed by atoms with E-state index in [9.17, 15) is 4.79 Å². The van der Waals surface area contributed by atoms with Crippen molar-refractivity contribution < 1.29 is 9.53 Å². The minimum absolute atomic E-state index is 0.166. The SMILES string of the molecule is CCN(CCC(=O)OC)Cc1cccc(C)n1. The lowest BCUT2D eigenvalue weighted by molar-refractivity contribution is -0.141. The maximum atomic E-state index is 11.1. The van der Waals surface area contributed by atoms with Crippen molar-refractivity contribution in [3.05, 3.63) is 29.6 Å². The summed E-state index contributed by atoms with van der Waals surface area (Å²) in [5.74, 6) is -0.166. The van der Waals surface area contributed by atoms with E-state index in [0.717, 1.165) is 24.5 Å². The van der Waals surface area contributed by atoms with Crippen molar-refractivity contribution in [1.29, 1.82) is 0 Å². The van der Waals surface area contributed by atoms with Crippen LogP contribution in [-0.2, 0) is 16.1 Å².